The molecule has 0 saturated carbocycles. The monoisotopic (exact) mass is 213 g/mol. The summed E-state index contributed by atoms with van der Waals surface area (Å²) in [6, 6.07) is 7.94. The van der Waals surface area contributed by atoms with Crippen LogP contribution in [0.3, 0.4) is 0 Å². The first kappa shape index (κ1) is 10.8. The van der Waals surface area contributed by atoms with Gasteiger partial charge in [0.1, 0.15) is 0 Å². The van der Waals surface area contributed by atoms with E-state index in [2.05, 4.69) is 9.97 Å². The van der Waals surface area contributed by atoms with Crippen molar-refractivity contribution in [2.45, 2.75) is 19.4 Å². The van der Waals surface area contributed by atoms with Crippen LogP contribution >= 0.6 is 0 Å². The average molecular weight is 213 g/mol. The third-order valence-electron chi connectivity index (χ3n) is 2.65. The minimum Gasteiger partial charge on any atom is -0.324 e. The highest BCUT2D eigenvalue weighted by molar-refractivity contribution is 5.24. The maximum atomic E-state index is 6.17. The number of nitrogens with two attached hydrogens (primary N) is 1. The first-order valence-corrected chi connectivity index (χ1v) is 5.33. The fraction of sp³-hybridized carbons (Fsp3) is 0.231. The average Bonchev–Trinajstić information content (AvgIpc) is 2.31. The molecule has 0 spiro atoms. The molecule has 0 aromatic carbocycles. The highest BCUT2D eigenvalue weighted by Gasteiger charge is 2.09. The Labute approximate surface area is 95.4 Å². The zero-order valence-electron chi connectivity index (χ0n) is 9.30. The van der Waals surface area contributed by atoms with Crippen LogP contribution < -0.4 is 5.73 Å². The van der Waals surface area contributed by atoms with Crippen molar-refractivity contribution in [1.82, 2.24) is 9.97 Å². The summed E-state index contributed by atoms with van der Waals surface area (Å²) in [5.41, 5.74) is 9.48. The van der Waals surface area contributed by atoms with E-state index < -0.39 is 0 Å². The van der Waals surface area contributed by atoms with Crippen LogP contribution in [-0.4, -0.2) is 9.97 Å². The highest BCUT2D eigenvalue weighted by Crippen LogP contribution is 2.17. The summed E-state index contributed by atoms with van der Waals surface area (Å²) in [6.45, 7) is 1.99. The Kier molecular flexibility index (Phi) is 3.27. The Hall–Kier alpha value is -1.74. The maximum Gasteiger partial charge on any atom is 0.0420 e. The molecule has 3 nitrogen and oxygen atoms in total. The zero-order valence-corrected chi connectivity index (χ0v) is 9.30. The van der Waals surface area contributed by atoms with Gasteiger partial charge in [0.05, 0.1) is 0 Å². The van der Waals surface area contributed by atoms with Crippen molar-refractivity contribution < 1.29 is 0 Å². The molecule has 0 radical (unpaired) electrons. The molecule has 2 aromatic heterocycles. The fourth-order valence-electron chi connectivity index (χ4n) is 1.77. The van der Waals surface area contributed by atoms with E-state index in [1.807, 2.05) is 31.2 Å². The van der Waals surface area contributed by atoms with Crippen LogP contribution in [0.4, 0.5) is 0 Å². The quantitative estimate of drug-likeness (QED) is 0.848. The Balaban J connectivity index is 2.15. The number of aryl methyl sites for hydroxylation is 1. The minimum atomic E-state index is -0.00361. The van der Waals surface area contributed by atoms with Gasteiger partial charge in [-0.2, -0.15) is 0 Å². The molecular weight excluding hydrogens is 198 g/mol. The lowest BCUT2D eigenvalue weighted by atomic mass is 9.99. The first-order valence-electron chi connectivity index (χ1n) is 5.33. The molecule has 0 aliphatic rings. The van der Waals surface area contributed by atoms with Gasteiger partial charge in [-0.1, -0.05) is 6.07 Å². The summed E-state index contributed by atoms with van der Waals surface area (Å²) < 4.78 is 0. The molecule has 0 fully saturated rings. The van der Waals surface area contributed by atoms with Crippen molar-refractivity contribution >= 4 is 0 Å². The lowest BCUT2D eigenvalue weighted by Gasteiger charge is -2.13. The Morgan fingerprint density at radius 2 is 1.94 bits per heavy atom. The lowest BCUT2D eigenvalue weighted by Crippen LogP contribution is -2.15. The topological polar surface area (TPSA) is 51.8 Å². The number of pyridine rings is 2. The third kappa shape index (κ3) is 2.44. The molecule has 2 aromatic rings. The normalized spacial score (nSPS) is 12.4. The van der Waals surface area contributed by atoms with Crippen molar-refractivity contribution in [3.05, 3.63) is 59.7 Å². The molecule has 2 heterocycles. The van der Waals surface area contributed by atoms with Crippen molar-refractivity contribution in [1.29, 1.82) is 0 Å². The van der Waals surface area contributed by atoms with Gasteiger partial charge in [0.15, 0.2) is 0 Å². The standard InChI is InChI=1S/C13H15N3/c1-10-12(3-2-6-16-10)13(14)9-11-4-7-15-8-5-11/h2-8,13H,9,14H2,1H3. The van der Waals surface area contributed by atoms with Crippen LogP contribution in [0.1, 0.15) is 22.9 Å². The van der Waals surface area contributed by atoms with Gasteiger partial charge in [0, 0.05) is 30.3 Å². The van der Waals surface area contributed by atoms with Gasteiger partial charge in [-0.3, -0.25) is 9.97 Å². The summed E-state index contributed by atoms with van der Waals surface area (Å²) in [5.74, 6) is 0. The number of nitrogens with zero attached hydrogens (tertiary/aromatic N) is 2. The largest absolute Gasteiger partial charge is 0.324 e. The van der Waals surface area contributed by atoms with Gasteiger partial charge in [-0.25, -0.2) is 0 Å². The Morgan fingerprint density at radius 3 is 2.62 bits per heavy atom. The van der Waals surface area contributed by atoms with Crippen LogP contribution in [0.25, 0.3) is 0 Å². The molecule has 0 amide bonds. The van der Waals surface area contributed by atoms with Gasteiger partial charge in [-0.15, -0.1) is 0 Å². The van der Waals surface area contributed by atoms with Crippen molar-refractivity contribution in [3.8, 4) is 0 Å². The number of rotatable bonds is 3. The van der Waals surface area contributed by atoms with Crippen molar-refractivity contribution in [2.24, 2.45) is 5.73 Å². The van der Waals surface area contributed by atoms with E-state index in [0.29, 0.717) is 0 Å². The van der Waals surface area contributed by atoms with Crippen LogP contribution in [0.5, 0.6) is 0 Å². The molecule has 0 aliphatic heterocycles. The number of aromatic nitrogens is 2. The van der Waals surface area contributed by atoms with E-state index in [-0.39, 0.29) is 6.04 Å². The highest BCUT2D eigenvalue weighted by atomic mass is 14.7. The number of hydrogen-bond donors (Lipinski definition) is 1. The fourth-order valence-corrected chi connectivity index (χ4v) is 1.77. The molecular formula is C13H15N3. The third-order valence-corrected chi connectivity index (χ3v) is 2.65. The molecule has 82 valence electrons. The summed E-state index contributed by atoms with van der Waals surface area (Å²) in [5, 5.41) is 0. The lowest BCUT2D eigenvalue weighted by molar-refractivity contribution is 0.710. The number of hydrogen-bond acceptors (Lipinski definition) is 3. The van der Waals surface area contributed by atoms with E-state index in [0.717, 1.165) is 17.7 Å². The van der Waals surface area contributed by atoms with Gasteiger partial charge in [0.2, 0.25) is 0 Å². The van der Waals surface area contributed by atoms with E-state index in [4.69, 9.17) is 5.73 Å². The Morgan fingerprint density at radius 1 is 1.19 bits per heavy atom. The molecule has 0 aliphatic carbocycles. The van der Waals surface area contributed by atoms with E-state index in [1.54, 1.807) is 18.6 Å². The second-order valence-electron chi connectivity index (χ2n) is 3.84. The maximum absolute atomic E-state index is 6.17. The van der Waals surface area contributed by atoms with Crippen molar-refractivity contribution in [2.75, 3.05) is 0 Å². The second kappa shape index (κ2) is 4.86. The first-order chi connectivity index (χ1) is 7.77. The van der Waals surface area contributed by atoms with E-state index in [1.165, 1.54) is 5.56 Å². The van der Waals surface area contributed by atoms with Gasteiger partial charge >= 0.3 is 0 Å². The minimum absolute atomic E-state index is 0.00361. The SMILES string of the molecule is Cc1ncccc1C(N)Cc1ccncc1. The predicted molar refractivity (Wildman–Crippen MR) is 63.8 cm³/mol. The molecule has 3 heteroatoms. The van der Waals surface area contributed by atoms with Gasteiger partial charge in [0.25, 0.3) is 0 Å². The molecule has 0 bridgehead atoms. The molecule has 2 rings (SSSR count). The summed E-state index contributed by atoms with van der Waals surface area (Å²) in [4.78, 5) is 8.24. The smallest absolute Gasteiger partial charge is 0.0420 e. The van der Waals surface area contributed by atoms with Crippen LogP contribution in [0.2, 0.25) is 0 Å². The summed E-state index contributed by atoms with van der Waals surface area (Å²) in [6.07, 6.45) is 6.18. The molecule has 16 heavy (non-hydrogen) atoms. The van der Waals surface area contributed by atoms with E-state index >= 15 is 0 Å². The van der Waals surface area contributed by atoms with Crippen LogP contribution in [0.15, 0.2) is 42.9 Å². The van der Waals surface area contributed by atoms with Crippen molar-refractivity contribution in [3.63, 3.8) is 0 Å². The zero-order chi connectivity index (χ0) is 11.4. The second-order valence-corrected chi connectivity index (χ2v) is 3.84. The predicted octanol–water partition coefficient (Wildman–Crippen LogP) is 2.03. The van der Waals surface area contributed by atoms with Gasteiger partial charge in [-0.05, 0) is 42.7 Å². The molecule has 1 unspecified atom stereocenters. The van der Waals surface area contributed by atoms with Crippen LogP contribution in [-0.2, 0) is 6.42 Å². The van der Waals surface area contributed by atoms with E-state index in [9.17, 15) is 0 Å². The van der Waals surface area contributed by atoms with Gasteiger partial charge < -0.3 is 5.73 Å². The molecule has 0 saturated heterocycles. The Bertz CT molecular complexity index is 454. The van der Waals surface area contributed by atoms with Crippen LogP contribution in [0, 0.1) is 6.92 Å². The molecule has 2 N–H and O–H groups in total. The summed E-state index contributed by atoms with van der Waals surface area (Å²) >= 11 is 0. The molecule has 1 atom stereocenters. The summed E-state index contributed by atoms with van der Waals surface area (Å²) in [7, 11) is 0.